The predicted molar refractivity (Wildman–Crippen MR) is 46.7 cm³/mol. The van der Waals surface area contributed by atoms with E-state index in [1.807, 2.05) is 13.0 Å². The van der Waals surface area contributed by atoms with Gasteiger partial charge in [0.05, 0.1) is 19.1 Å². The first-order valence-electron chi connectivity index (χ1n) is 4.22. The lowest BCUT2D eigenvalue weighted by Crippen LogP contribution is -2.30. The highest BCUT2D eigenvalue weighted by molar-refractivity contribution is 5.04. The molecule has 0 saturated carbocycles. The van der Waals surface area contributed by atoms with E-state index in [-0.39, 0.29) is 12.6 Å². The Morgan fingerprint density at radius 3 is 3.00 bits per heavy atom. The fourth-order valence-electron chi connectivity index (χ4n) is 0.993. The standard InChI is InChI=1S/C9H15NO2/c1-2-9(6-11)10-5-8-3-4-12-7-8/h3-4,7,9-11H,2,5-6H2,1H3. The minimum absolute atomic E-state index is 0.189. The molecule has 1 rings (SSSR count). The van der Waals surface area contributed by atoms with Crippen molar-refractivity contribution in [3.63, 3.8) is 0 Å². The molecule has 2 N–H and O–H groups in total. The summed E-state index contributed by atoms with van der Waals surface area (Å²) >= 11 is 0. The number of hydrogen-bond acceptors (Lipinski definition) is 3. The highest BCUT2D eigenvalue weighted by atomic mass is 16.3. The SMILES string of the molecule is CCC(CO)NCc1ccoc1. The summed E-state index contributed by atoms with van der Waals surface area (Å²) < 4.78 is 4.91. The Balaban J connectivity index is 2.25. The summed E-state index contributed by atoms with van der Waals surface area (Å²) in [5, 5.41) is 12.1. The lowest BCUT2D eigenvalue weighted by atomic mass is 10.2. The highest BCUT2D eigenvalue weighted by Crippen LogP contribution is 2.00. The molecule has 3 heteroatoms. The summed E-state index contributed by atoms with van der Waals surface area (Å²) in [6.45, 7) is 2.99. The van der Waals surface area contributed by atoms with Gasteiger partial charge in [-0.25, -0.2) is 0 Å². The van der Waals surface area contributed by atoms with Crippen molar-refractivity contribution in [2.75, 3.05) is 6.61 Å². The third-order valence-electron chi connectivity index (χ3n) is 1.89. The van der Waals surface area contributed by atoms with Crippen molar-refractivity contribution >= 4 is 0 Å². The third kappa shape index (κ3) is 2.68. The second kappa shape index (κ2) is 4.95. The van der Waals surface area contributed by atoms with E-state index in [2.05, 4.69) is 5.32 Å². The van der Waals surface area contributed by atoms with Crippen LogP contribution in [-0.2, 0) is 6.54 Å². The van der Waals surface area contributed by atoms with Crippen molar-refractivity contribution < 1.29 is 9.52 Å². The molecule has 1 aromatic rings. The minimum Gasteiger partial charge on any atom is -0.472 e. The van der Waals surface area contributed by atoms with Crippen LogP contribution < -0.4 is 5.32 Å². The summed E-state index contributed by atoms with van der Waals surface area (Å²) in [6.07, 6.45) is 4.29. The quantitative estimate of drug-likeness (QED) is 0.694. The Morgan fingerprint density at radius 1 is 1.67 bits per heavy atom. The molecule has 0 spiro atoms. The van der Waals surface area contributed by atoms with Crippen LogP contribution in [0.1, 0.15) is 18.9 Å². The van der Waals surface area contributed by atoms with Gasteiger partial charge in [-0.05, 0) is 12.5 Å². The van der Waals surface area contributed by atoms with Crippen LogP contribution in [0.2, 0.25) is 0 Å². The third-order valence-corrected chi connectivity index (χ3v) is 1.89. The van der Waals surface area contributed by atoms with Crippen molar-refractivity contribution in [3.05, 3.63) is 24.2 Å². The van der Waals surface area contributed by atoms with Crippen molar-refractivity contribution in [1.82, 2.24) is 5.32 Å². The van der Waals surface area contributed by atoms with Crippen LogP contribution in [0.3, 0.4) is 0 Å². The number of aliphatic hydroxyl groups is 1. The molecule has 0 amide bonds. The number of rotatable bonds is 5. The first-order valence-corrected chi connectivity index (χ1v) is 4.22. The lowest BCUT2D eigenvalue weighted by Gasteiger charge is -2.12. The Morgan fingerprint density at radius 2 is 2.50 bits per heavy atom. The zero-order valence-corrected chi connectivity index (χ0v) is 7.29. The molecular formula is C9H15NO2. The van der Waals surface area contributed by atoms with Gasteiger partial charge in [-0.3, -0.25) is 0 Å². The van der Waals surface area contributed by atoms with Gasteiger partial charge in [0.15, 0.2) is 0 Å². The zero-order chi connectivity index (χ0) is 8.81. The van der Waals surface area contributed by atoms with Gasteiger partial charge in [-0.1, -0.05) is 6.92 Å². The summed E-state index contributed by atoms with van der Waals surface area (Å²) in [5.41, 5.74) is 1.11. The van der Waals surface area contributed by atoms with Crippen LogP contribution in [0.5, 0.6) is 0 Å². The van der Waals surface area contributed by atoms with E-state index in [1.54, 1.807) is 12.5 Å². The zero-order valence-electron chi connectivity index (χ0n) is 7.29. The molecule has 1 heterocycles. The van der Waals surface area contributed by atoms with Gasteiger partial charge in [0.2, 0.25) is 0 Å². The topological polar surface area (TPSA) is 45.4 Å². The van der Waals surface area contributed by atoms with Crippen molar-refractivity contribution in [2.24, 2.45) is 0 Å². The maximum Gasteiger partial charge on any atom is 0.0947 e. The van der Waals surface area contributed by atoms with Gasteiger partial charge < -0.3 is 14.8 Å². The summed E-state index contributed by atoms with van der Waals surface area (Å²) in [6, 6.07) is 2.11. The molecule has 1 atom stereocenters. The average Bonchev–Trinajstić information content (AvgIpc) is 2.59. The summed E-state index contributed by atoms with van der Waals surface area (Å²) in [4.78, 5) is 0. The van der Waals surface area contributed by atoms with Crippen LogP contribution in [-0.4, -0.2) is 17.8 Å². The van der Waals surface area contributed by atoms with Crippen LogP contribution in [0.15, 0.2) is 23.0 Å². The maximum absolute atomic E-state index is 8.87. The largest absolute Gasteiger partial charge is 0.472 e. The normalized spacial score (nSPS) is 13.2. The summed E-state index contributed by atoms with van der Waals surface area (Å²) in [7, 11) is 0. The first kappa shape index (κ1) is 9.29. The second-order valence-electron chi connectivity index (χ2n) is 2.80. The van der Waals surface area contributed by atoms with Crippen LogP contribution in [0, 0.1) is 0 Å². The van der Waals surface area contributed by atoms with Crippen molar-refractivity contribution in [3.8, 4) is 0 Å². The maximum atomic E-state index is 8.87. The fourth-order valence-corrected chi connectivity index (χ4v) is 0.993. The lowest BCUT2D eigenvalue weighted by molar-refractivity contribution is 0.238. The molecule has 68 valence electrons. The van der Waals surface area contributed by atoms with E-state index in [4.69, 9.17) is 9.52 Å². The van der Waals surface area contributed by atoms with E-state index in [9.17, 15) is 0 Å². The number of aliphatic hydroxyl groups excluding tert-OH is 1. The molecule has 0 radical (unpaired) electrons. The summed E-state index contributed by atoms with van der Waals surface area (Å²) in [5.74, 6) is 0. The van der Waals surface area contributed by atoms with Crippen LogP contribution in [0.4, 0.5) is 0 Å². The predicted octanol–water partition coefficient (Wildman–Crippen LogP) is 1.14. The number of furan rings is 1. The Hall–Kier alpha value is -0.800. The molecule has 1 unspecified atom stereocenters. The van der Waals surface area contributed by atoms with E-state index < -0.39 is 0 Å². The number of nitrogens with one attached hydrogen (secondary N) is 1. The van der Waals surface area contributed by atoms with E-state index in [0.29, 0.717) is 0 Å². The monoisotopic (exact) mass is 169 g/mol. The molecule has 0 aliphatic carbocycles. The average molecular weight is 169 g/mol. The van der Waals surface area contributed by atoms with Crippen LogP contribution >= 0.6 is 0 Å². The molecule has 0 saturated heterocycles. The molecule has 0 aliphatic heterocycles. The molecule has 0 aliphatic rings. The smallest absolute Gasteiger partial charge is 0.0947 e. The molecule has 0 fully saturated rings. The highest BCUT2D eigenvalue weighted by Gasteiger charge is 2.02. The fraction of sp³-hybridized carbons (Fsp3) is 0.556. The van der Waals surface area contributed by atoms with E-state index >= 15 is 0 Å². The molecule has 0 aromatic carbocycles. The van der Waals surface area contributed by atoms with Gasteiger partial charge in [-0.15, -0.1) is 0 Å². The van der Waals surface area contributed by atoms with Gasteiger partial charge in [0.25, 0.3) is 0 Å². The number of hydrogen-bond donors (Lipinski definition) is 2. The molecule has 12 heavy (non-hydrogen) atoms. The Bertz CT molecular complexity index is 192. The molecule has 1 aromatic heterocycles. The van der Waals surface area contributed by atoms with E-state index in [1.165, 1.54) is 0 Å². The van der Waals surface area contributed by atoms with Gasteiger partial charge >= 0.3 is 0 Å². The Kier molecular flexibility index (Phi) is 3.84. The van der Waals surface area contributed by atoms with Gasteiger partial charge in [-0.2, -0.15) is 0 Å². The first-order chi connectivity index (χ1) is 5.86. The van der Waals surface area contributed by atoms with E-state index in [0.717, 1.165) is 18.5 Å². The van der Waals surface area contributed by atoms with Crippen LogP contribution in [0.25, 0.3) is 0 Å². The Labute approximate surface area is 72.4 Å². The molecule has 3 nitrogen and oxygen atoms in total. The molecule has 0 bridgehead atoms. The second-order valence-corrected chi connectivity index (χ2v) is 2.80. The molecular weight excluding hydrogens is 154 g/mol. The minimum atomic E-state index is 0.189. The van der Waals surface area contributed by atoms with Gasteiger partial charge in [0.1, 0.15) is 0 Å². The van der Waals surface area contributed by atoms with Gasteiger partial charge in [0, 0.05) is 18.2 Å². The van der Waals surface area contributed by atoms with Crippen molar-refractivity contribution in [1.29, 1.82) is 0 Å². The van der Waals surface area contributed by atoms with Crippen molar-refractivity contribution in [2.45, 2.75) is 25.9 Å².